The van der Waals surface area contributed by atoms with E-state index in [4.69, 9.17) is 0 Å². The van der Waals surface area contributed by atoms with E-state index in [-0.39, 0.29) is 0 Å². The monoisotopic (exact) mass is 284 g/mol. The van der Waals surface area contributed by atoms with E-state index in [1.54, 1.807) is 11.1 Å². The lowest BCUT2D eigenvalue weighted by molar-refractivity contribution is 0.157. The van der Waals surface area contributed by atoms with Gasteiger partial charge in [-0.25, -0.2) is 0 Å². The molecule has 21 heavy (non-hydrogen) atoms. The van der Waals surface area contributed by atoms with Gasteiger partial charge in [0.15, 0.2) is 0 Å². The van der Waals surface area contributed by atoms with Crippen LogP contribution in [0.2, 0.25) is 0 Å². The number of hydrogen-bond acceptors (Lipinski definition) is 2. The minimum absolute atomic E-state index is 0.825. The average Bonchev–Trinajstić information content (AvgIpc) is 3.23. The van der Waals surface area contributed by atoms with E-state index in [9.17, 15) is 0 Å². The van der Waals surface area contributed by atoms with Crippen molar-refractivity contribution in [3.8, 4) is 0 Å². The number of nitrogens with zero attached hydrogens (tertiary/aromatic N) is 1. The van der Waals surface area contributed by atoms with Crippen LogP contribution in [-0.4, -0.2) is 30.6 Å². The van der Waals surface area contributed by atoms with Gasteiger partial charge in [-0.05, 0) is 81.1 Å². The maximum absolute atomic E-state index is 3.70. The van der Waals surface area contributed by atoms with Gasteiger partial charge in [-0.15, -0.1) is 0 Å². The van der Waals surface area contributed by atoms with Crippen LogP contribution >= 0.6 is 0 Å². The number of piperidine rings is 1. The van der Waals surface area contributed by atoms with E-state index in [0.29, 0.717) is 0 Å². The molecule has 0 radical (unpaired) electrons. The molecule has 114 valence electrons. The van der Waals surface area contributed by atoms with Crippen molar-refractivity contribution in [2.45, 2.75) is 57.0 Å². The zero-order valence-corrected chi connectivity index (χ0v) is 13.1. The molecule has 0 spiro atoms. The summed E-state index contributed by atoms with van der Waals surface area (Å²) in [6.45, 7) is 5.01. The van der Waals surface area contributed by atoms with Crippen molar-refractivity contribution >= 4 is 0 Å². The topological polar surface area (TPSA) is 15.3 Å². The van der Waals surface area contributed by atoms with Gasteiger partial charge in [-0.2, -0.15) is 0 Å². The van der Waals surface area contributed by atoms with Crippen LogP contribution in [-0.2, 0) is 6.54 Å². The highest BCUT2D eigenvalue weighted by atomic mass is 15.1. The second-order valence-electron chi connectivity index (χ2n) is 7.29. The zero-order chi connectivity index (χ0) is 14.1. The predicted molar refractivity (Wildman–Crippen MR) is 87.4 cm³/mol. The third-order valence-corrected chi connectivity index (χ3v) is 5.77. The van der Waals surface area contributed by atoms with Crippen LogP contribution in [0.15, 0.2) is 24.3 Å². The molecule has 2 nitrogen and oxygen atoms in total. The van der Waals surface area contributed by atoms with Crippen LogP contribution in [0.25, 0.3) is 0 Å². The summed E-state index contributed by atoms with van der Waals surface area (Å²) in [7, 11) is 0. The highest BCUT2D eigenvalue weighted by Crippen LogP contribution is 2.42. The van der Waals surface area contributed by atoms with Crippen LogP contribution in [0, 0.1) is 5.92 Å². The number of benzene rings is 1. The number of nitrogens with one attached hydrogen (secondary N) is 1. The predicted octanol–water partition coefficient (Wildman–Crippen LogP) is 3.53. The molecule has 3 aliphatic rings. The second kappa shape index (κ2) is 6.10. The van der Waals surface area contributed by atoms with Crippen molar-refractivity contribution in [2.75, 3.05) is 19.6 Å². The SMILES string of the molecule is c1ccc(C2CC2)c(CN2CCC(C3CCCN3)CC2)c1. The molecule has 1 saturated carbocycles. The average molecular weight is 284 g/mol. The van der Waals surface area contributed by atoms with Gasteiger partial charge >= 0.3 is 0 Å². The smallest absolute Gasteiger partial charge is 0.0236 e. The fourth-order valence-corrected chi connectivity index (χ4v) is 4.34. The van der Waals surface area contributed by atoms with Crippen LogP contribution in [0.5, 0.6) is 0 Å². The molecular formula is C19H28N2. The highest BCUT2D eigenvalue weighted by molar-refractivity contribution is 5.33. The molecule has 1 atom stereocenters. The Hall–Kier alpha value is -0.860. The fraction of sp³-hybridized carbons (Fsp3) is 0.684. The van der Waals surface area contributed by atoms with Gasteiger partial charge in [0.05, 0.1) is 0 Å². The Morgan fingerprint density at radius 1 is 1.00 bits per heavy atom. The largest absolute Gasteiger partial charge is 0.314 e. The molecule has 2 heteroatoms. The molecule has 3 fully saturated rings. The van der Waals surface area contributed by atoms with E-state index in [1.165, 1.54) is 64.7 Å². The maximum Gasteiger partial charge on any atom is 0.0236 e. The van der Waals surface area contributed by atoms with Gasteiger partial charge in [0, 0.05) is 12.6 Å². The molecule has 2 heterocycles. The lowest BCUT2D eigenvalue weighted by Gasteiger charge is -2.35. The van der Waals surface area contributed by atoms with Gasteiger partial charge in [0.2, 0.25) is 0 Å². The fourth-order valence-electron chi connectivity index (χ4n) is 4.34. The first-order valence-electron chi connectivity index (χ1n) is 8.94. The summed E-state index contributed by atoms with van der Waals surface area (Å²) in [4.78, 5) is 2.69. The Morgan fingerprint density at radius 2 is 1.81 bits per heavy atom. The van der Waals surface area contributed by atoms with Gasteiger partial charge in [0.25, 0.3) is 0 Å². The molecule has 1 N–H and O–H groups in total. The Morgan fingerprint density at radius 3 is 2.52 bits per heavy atom. The van der Waals surface area contributed by atoms with Gasteiger partial charge in [0.1, 0.15) is 0 Å². The quantitative estimate of drug-likeness (QED) is 0.910. The molecule has 2 saturated heterocycles. The molecule has 0 bridgehead atoms. The summed E-state index contributed by atoms with van der Waals surface area (Å²) >= 11 is 0. The maximum atomic E-state index is 3.70. The third-order valence-electron chi connectivity index (χ3n) is 5.77. The van der Waals surface area contributed by atoms with E-state index in [2.05, 4.69) is 34.5 Å². The first-order valence-corrected chi connectivity index (χ1v) is 8.94. The molecular weight excluding hydrogens is 256 g/mol. The molecule has 1 aromatic carbocycles. The van der Waals surface area contributed by atoms with Gasteiger partial charge < -0.3 is 5.32 Å². The molecule has 2 aliphatic heterocycles. The van der Waals surface area contributed by atoms with E-state index < -0.39 is 0 Å². The summed E-state index contributed by atoms with van der Waals surface area (Å²) in [6.07, 6.45) is 8.40. The number of rotatable bonds is 4. The van der Waals surface area contributed by atoms with Crippen molar-refractivity contribution in [3.63, 3.8) is 0 Å². The lowest BCUT2D eigenvalue weighted by Crippen LogP contribution is -2.40. The van der Waals surface area contributed by atoms with Gasteiger partial charge in [-0.1, -0.05) is 24.3 Å². The molecule has 1 unspecified atom stereocenters. The Kier molecular flexibility index (Phi) is 4.00. The third kappa shape index (κ3) is 3.17. The Labute approximate surface area is 128 Å². The Bertz CT molecular complexity index is 466. The van der Waals surface area contributed by atoms with E-state index in [0.717, 1.165) is 17.9 Å². The number of likely N-dealkylation sites (tertiary alicyclic amines) is 1. The van der Waals surface area contributed by atoms with Crippen LogP contribution in [0.3, 0.4) is 0 Å². The van der Waals surface area contributed by atoms with Crippen LogP contribution < -0.4 is 5.32 Å². The minimum Gasteiger partial charge on any atom is -0.314 e. The Balaban J connectivity index is 1.34. The van der Waals surface area contributed by atoms with Crippen LogP contribution in [0.4, 0.5) is 0 Å². The molecule has 0 amide bonds. The summed E-state index contributed by atoms with van der Waals surface area (Å²) in [6, 6.07) is 9.98. The molecule has 1 aliphatic carbocycles. The van der Waals surface area contributed by atoms with E-state index in [1.807, 2.05) is 0 Å². The first-order chi connectivity index (χ1) is 10.4. The molecule has 0 aromatic heterocycles. The van der Waals surface area contributed by atoms with Crippen molar-refractivity contribution < 1.29 is 0 Å². The van der Waals surface area contributed by atoms with Crippen molar-refractivity contribution in [1.82, 2.24) is 10.2 Å². The van der Waals surface area contributed by atoms with E-state index >= 15 is 0 Å². The minimum atomic E-state index is 0.825. The van der Waals surface area contributed by atoms with Gasteiger partial charge in [-0.3, -0.25) is 4.90 Å². The standard InChI is InChI=1S/C19H28N2/c1-2-5-18(15-7-8-15)17(4-1)14-21-12-9-16(10-13-21)19-6-3-11-20-19/h1-2,4-5,15-16,19-20H,3,6-14H2. The van der Waals surface area contributed by atoms with Crippen LogP contribution in [0.1, 0.15) is 55.6 Å². The summed E-state index contributed by atoms with van der Waals surface area (Å²) in [5.41, 5.74) is 3.23. The molecule has 1 aromatic rings. The zero-order valence-electron chi connectivity index (χ0n) is 13.1. The summed E-state index contributed by atoms with van der Waals surface area (Å²) < 4.78 is 0. The number of hydrogen-bond donors (Lipinski definition) is 1. The highest BCUT2D eigenvalue weighted by Gasteiger charge is 2.29. The lowest BCUT2D eigenvalue weighted by atomic mass is 9.88. The van der Waals surface area contributed by atoms with Crippen molar-refractivity contribution in [1.29, 1.82) is 0 Å². The first kappa shape index (κ1) is 13.8. The second-order valence-corrected chi connectivity index (χ2v) is 7.29. The molecule has 4 rings (SSSR count). The normalized spacial score (nSPS) is 28.1. The summed E-state index contributed by atoms with van der Waals surface area (Å²) in [5.74, 6) is 1.81. The van der Waals surface area contributed by atoms with Crippen molar-refractivity contribution in [2.24, 2.45) is 5.92 Å². The summed E-state index contributed by atoms with van der Waals surface area (Å²) in [5, 5.41) is 3.70. The van der Waals surface area contributed by atoms with Crippen molar-refractivity contribution in [3.05, 3.63) is 35.4 Å².